The van der Waals surface area contributed by atoms with Crippen LogP contribution in [0.5, 0.6) is 0 Å². The Morgan fingerprint density at radius 1 is 1.41 bits per heavy atom. The maximum Gasteiger partial charge on any atom is 0.0230 e. The molecule has 2 N–H and O–H groups in total. The first-order valence-electron chi connectivity index (χ1n) is 6.95. The summed E-state index contributed by atoms with van der Waals surface area (Å²) in [5, 5.41) is 0. The Balaban J connectivity index is 1.93. The highest BCUT2D eigenvalue weighted by Gasteiger charge is 2.36. The summed E-state index contributed by atoms with van der Waals surface area (Å²) in [6.07, 6.45) is 6.22. The van der Waals surface area contributed by atoms with Crippen molar-refractivity contribution >= 4 is 11.8 Å². The van der Waals surface area contributed by atoms with E-state index in [2.05, 4.69) is 23.0 Å². The molecule has 2 rings (SSSR count). The number of nitrogens with two attached hydrogens (primary N) is 1. The topological polar surface area (TPSA) is 32.5 Å². The Bertz CT molecular complexity index is 237. The fraction of sp³-hybridized carbons (Fsp3) is 1.00. The van der Waals surface area contributed by atoms with Crippen molar-refractivity contribution in [3.8, 4) is 0 Å². The molecule has 2 saturated heterocycles. The number of piperazine rings is 1. The molecule has 0 aliphatic carbocycles. The fourth-order valence-electron chi connectivity index (χ4n) is 3.39. The van der Waals surface area contributed by atoms with Gasteiger partial charge in [-0.25, -0.2) is 0 Å². The molecular weight excluding hydrogens is 230 g/mol. The van der Waals surface area contributed by atoms with E-state index in [9.17, 15) is 0 Å². The van der Waals surface area contributed by atoms with Gasteiger partial charge in [-0.1, -0.05) is 0 Å². The van der Waals surface area contributed by atoms with Crippen LogP contribution in [0.4, 0.5) is 0 Å². The number of hydrogen-bond donors (Lipinski definition) is 1. The summed E-state index contributed by atoms with van der Waals surface area (Å²) < 4.78 is 0. The molecule has 2 heterocycles. The minimum Gasteiger partial charge on any atom is -0.329 e. The van der Waals surface area contributed by atoms with Gasteiger partial charge in [0.2, 0.25) is 0 Å². The third-order valence-corrected chi connectivity index (χ3v) is 5.03. The third kappa shape index (κ3) is 3.16. The number of nitrogens with zero attached hydrogens (tertiary/aromatic N) is 2. The molecule has 0 amide bonds. The molecule has 2 fully saturated rings. The second-order valence-electron chi connectivity index (χ2n) is 5.51. The Kier molecular flexibility index (Phi) is 5.15. The Morgan fingerprint density at radius 2 is 2.24 bits per heavy atom. The Morgan fingerprint density at radius 3 is 2.94 bits per heavy atom. The third-order valence-electron chi connectivity index (χ3n) is 4.38. The van der Waals surface area contributed by atoms with Crippen molar-refractivity contribution < 1.29 is 0 Å². The van der Waals surface area contributed by atoms with Gasteiger partial charge in [-0.15, -0.1) is 0 Å². The van der Waals surface area contributed by atoms with Crippen LogP contribution < -0.4 is 5.73 Å². The van der Waals surface area contributed by atoms with Crippen LogP contribution in [0.25, 0.3) is 0 Å². The van der Waals surface area contributed by atoms with E-state index in [1.54, 1.807) is 0 Å². The molecule has 4 heteroatoms. The van der Waals surface area contributed by atoms with E-state index in [-0.39, 0.29) is 0 Å². The Hall–Kier alpha value is 0.230. The monoisotopic (exact) mass is 257 g/mol. The molecule has 0 aromatic heterocycles. The molecule has 100 valence electrons. The van der Waals surface area contributed by atoms with Gasteiger partial charge in [0.25, 0.3) is 0 Å². The lowest BCUT2D eigenvalue weighted by atomic mass is 10.0. The first kappa shape index (κ1) is 13.7. The van der Waals surface area contributed by atoms with Crippen molar-refractivity contribution in [1.29, 1.82) is 0 Å². The lowest BCUT2D eigenvalue weighted by molar-refractivity contribution is 0.0294. The first-order valence-corrected chi connectivity index (χ1v) is 8.34. The van der Waals surface area contributed by atoms with Crippen LogP contribution in [0, 0.1) is 0 Å². The van der Waals surface area contributed by atoms with Gasteiger partial charge in [-0.3, -0.25) is 9.80 Å². The second-order valence-corrected chi connectivity index (χ2v) is 6.49. The minimum atomic E-state index is 0.597. The molecule has 17 heavy (non-hydrogen) atoms. The zero-order chi connectivity index (χ0) is 12.3. The smallest absolute Gasteiger partial charge is 0.0230 e. The second kappa shape index (κ2) is 6.41. The van der Waals surface area contributed by atoms with E-state index >= 15 is 0 Å². The van der Waals surface area contributed by atoms with Crippen molar-refractivity contribution in [3.63, 3.8) is 0 Å². The zero-order valence-corrected chi connectivity index (χ0v) is 12.1. The van der Waals surface area contributed by atoms with Crippen LogP contribution in [0.2, 0.25) is 0 Å². The summed E-state index contributed by atoms with van der Waals surface area (Å²) >= 11 is 1.94. The van der Waals surface area contributed by atoms with Crippen LogP contribution in [0.3, 0.4) is 0 Å². The van der Waals surface area contributed by atoms with Gasteiger partial charge >= 0.3 is 0 Å². The molecule has 0 spiro atoms. The molecule has 3 atom stereocenters. The summed E-state index contributed by atoms with van der Waals surface area (Å²) in [6.45, 7) is 7.01. The molecule has 0 radical (unpaired) electrons. The maximum atomic E-state index is 5.98. The highest BCUT2D eigenvalue weighted by Crippen LogP contribution is 2.26. The van der Waals surface area contributed by atoms with E-state index in [4.69, 9.17) is 5.73 Å². The molecule has 0 bridgehead atoms. The molecule has 3 nitrogen and oxygen atoms in total. The molecule has 0 aromatic carbocycles. The molecule has 2 aliphatic rings. The van der Waals surface area contributed by atoms with Crippen molar-refractivity contribution in [3.05, 3.63) is 0 Å². The predicted molar refractivity (Wildman–Crippen MR) is 76.6 cm³/mol. The van der Waals surface area contributed by atoms with E-state index in [1.165, 1.54) is 44.6 Å². The first-order chi connectivity index (χ1) is 8.26. The SMILES string of the molecule is CSCCC(CN)N1CC2CCCN2CC1C. The summed E-state index contributed by atoms with van der Waals surface area (Å²) in [7, 11) is 0. The average molecular weight is 257 g/mol. The standard InChI is InChI=1S/C13H27N3S/c1-11-9-15-6-3-4-13(15)10-16(11)12(8-14)5-7-17-2/h11-13H,3-10,14H2,1-2H3. The number of rotatable bonds is 5. The lowest BCUT2D eigenvalue weighted by Gasteiger charge is -2.46. The van der Waals surface area contributed by atoms with Gasteiger partial charge < -0.3 is 5.73 Å². The Labute approximate surface area is 110 Å². The summed E-state index contributed by atoms with van der Waals surface area (Å²) in [5.41, 5.74) is 5.98. The molecule has 0 aromatic rings. The summed E-state index contributed by atoms with van der Waals surface area (Å²) in [4.78, 5) is 5.37. The van der Waals surface area contributed by atoms with Crippen molar-refractivity contribution in [2.24, 2.45) is 5.73 Å². The number of fused-ring (bicyclic) bond motifs is 1. The zero-order valence-electron chi connectivity index (χ0n) is 11.3. The van der Waals surface area contributed by atoms with E-state index in [0.717, 1.165) is 12.6 Å². The molecule has 0 saturated carbocycles. The van der Waals surface area contributed by atoms with Gasteiger partial charge in [0.1, 0.15) is 0 Å². The van der Waals surface area contributed by atoms with Crippen molar-refractivity contribution in [1.82, 2.24) is 9.80 Å². The maximum absolute atomic E-state index is 5.98. The molecule has 3 unspecified atom stereocenters. The van der Waals surface area contributed by atoms with Gasteiger partial charge in [-0.05, 0) is 44.7 Å². The minimum absolute atomic E-state index is 0.597. The highest BCUT2D eigenvalue weighted by atomic mass is 32.2. The normalized spacial score (nSPS) is 32.6. The van der Waals surface area contributed by atoms with Crippen molar-refractivity contribution in [2.75, 3.05) is 38.2 Å². The molecule has 2 aliphatic heterocycles. The summed E-state index contributed by atoms with van der Waals surface area (Å²) in [5.74, 6) is 1.24. The lowest BCUT2D eigenvalue weighted by Crippen LogP contribution is -2.59. The highest BCUT2D eigenvalue weighted by molar-refractivity contribution is 7.98. The van der Waals surface area contributed by atoms with Crippen LogP contribution in [0.15, 0.2) is 0 Å². The van der Waals surface area contributed by atoms with Crippen LogP contribution >= 0.6 is 11.8 Å². The fourth-order valence-corrected chi connectivity index (χ4v) is 3.90. The van der Waals surface area contributed by atoms with Crippen LogP contribution in [-0.2, 0) is 0 Å². The van der Waals surface area contributed by atoms with Gasteiger partial charge in [-0.2, -0.15) is 11.8 Å². The van der Waals surface area contributed by atoms with Crippen LogP contribution in [-0.4, -0.2) is 66.1 Å². The predicted octanol–water partition coefficient (Wildman–Crippen LogP) is 1.24. The van der Waals surface area contributed by atoms with Crippen LogP contribution in [0.1, 0.15) is 26.2 Å². The van der Waals surface area contributed by atoms with Crippen molar-refractivity contribution in [2.45, 2.75) is 44.3 Å². The quantitative estimate of drug-likeness (QED) is 0.803. The summed E-state index contributed by atoms with van der Waals surface area (Å²) in [6, 6.07) is 2.09. The average Bonchev–Trinajstić information content (AvgIpc) is 2.77. The number of hydrogen-bond acceptors (Lipinski definition) is 4. The molecular formula is C13H27N3S. The van der Waals surface area contributed by atoms with E-state index in [0.29, 0.717) is 12.1 Å². The van der Waals surface area contributed by atoms with E-state index in [1.807, 2.05) is 11.8 Å². The van der Waals surface area contributed by atoms with Gasteiger partial charge in [0.15, 0.2) is 0 Å². The largest absolute Gasteiger partial charge is 0.329 e. The van der Waals surface area contributed by atoms with Gasteiger partial charge in [0, 0.05) is 37.8 Å². The number of thioether (sulfide) groups is 1. The van der Waals surface area contributed by atoms with Gasteiger partial charge in [0.05, 0.1) is 0 Å². The van der Waals surface area contributed by atoms with E-state index < -0.39 is 0 Å².